The zero-order chi connectivity index (χ0) is 27.4. The van der Waals surface area contributed by atoms with E-state index in [0.717, 1.165) is 10.3 Å². The van der Waals surface area contributed by atoms with Crippen LogP contribution in [0.25, 0.3) is 16.3 Å². The van der Waals surface area contributed by atoms with Gasteiger partial charge in [0.25, 0.3) is 5.91 Å². The molecule has 196 valence electrons. The number of carbonyl (C=O) groups is 2. The molecule has 5 rings (SSSR count). The van der Waals surface area contributed by atoms with Gasteiger partial charge in [-0.2, -0.15) is 0 Å². The third-order valence-electron chi connectivity index (χ3n) is 6.13. The number of hydrogen-bond acceptors (Lipinski definition) is 7. The lowest BCUT2D eigenvalue weighted by molar-refractivity contribution is -0.117. The van der Waals surface area contributed by atoms with Gasteiger partial charge < -0.3 is 14.6 Å². The number of carbonyl (C=O) groups excluding carboxylic acids is 2. The Morgan fingerprint density at radius 3 is 2.54 bits per heavy atom. The van der Waals surface area contributed by atoms with E-state index in [1.54, 1.807) is 36.4 Å². The van der Waals surface area contributed by atoms with E-state index in [1.165, 1.54) is 22.3 Å². The number of nitrogens with zero attached hydrogens (tertiary/aromatic N) is 2. The van der Waals surface area contributed by atoms with E-state index in [1.807, 2.05) is 55.5 Å². The van der Waals surface area contributed by atoms with Crippen LogP contribution in [0.5, 0.6) is 11.5 Å². The first kappa shape index (κ1) is 25.9. The predicted octanol–water partition coefficient (Wildman–Crippen LogP) is 6.44. The van der Waals surface area contributed by atoms with Crippen molar-refractivity contribution in [3.05, 3.63) is 114 Å². The normalized spacial score (nSPS) is 15.4. The summed E-state index contributed by atoms with van der Waals surface area (Å²) in [5.41, 5.74) is 2.12. The summed E-state index contributed by atoms with van der Waals surface area (Å²) < 4.78 is 12.0. The standard InChI is InChI=1S/C31H26N2O5S/c1-3-18-38-22-13-11-21(12-14-22)28-27(25(34)17-10-20-8-6-5-7-9-20)29(35)30(36)33(28)31-32-24-16-15-23(37-4-2)19-26(24)39-31/h3,5-17,19,28,35H,1,4,18H2,2H3. The average molecular weight is 539 g/mol. The summed E-state index contributed by atoms with van der Waals surface area (Å²) in [5, 5.41) is 11.4. The molecule has 0 bridgehead atoms. The van der Waals surface area contributed by atoms with Gasteiger partial charge in [0.2, 0.25) is 0 Å². The number of allylic oxidation sites excluding steroid dienone is 1. The number of hydrogen-bond donors (Lipinski definition) is 1. The highest BCUT2D eigenvalue weighted by molar-refractivity contribution is 7.22. The fourth-order valence-electron chi connectivity index (χ4n) is 4.35. The molecule has 1 aromatic heterocycles. The summed E-state index contributed by atoms with van der Waals surface area (Å²) in [5.74, 6) is -0.439. The minimum absolute atomic E-state index is 0.0128. The first-order valence-corrected chi connectivity index (χ1v) is 13.2. The SMILES string of the molecule is C=CCOc1ccc(C2C(C(=O)C=Cc3ccccc3)=C(O)C(=O)N2c2nc3ccc(OCC)cc3s2)cc1. The fraction of sp³-hybridized carbons (Fsp3) is 0.129. The molecule has 0 radical (unpaired) electrons. The van der Waals surface area contributed by atoms with Gasteiger partial charge in [-0.05, 0) is 54.5 Å². The number of rotatable bonds is 10. The molecule has 1 N–H and O–H groups in total. The van der Waals surface area contributed by atoms with E-state index in [0.29, 0.717) is 40.9 Å². The summed E-state index contributed by atoms with van der Waals surface area (Å²) in [6.45, 7) is 6.43. The molecule has 2 heterocycles. The van der Waals surface area contributed by atoms with Gasteiger partial charge >= 0.3 is 0 Å². The Labute approximate surface area is 229 Å². The third-order valence-corrected chi connectivity index (χ3v) is 7.15. The summed E-state index contributed by atoms with van der Waals surface area (Å²) in [6, 6.07) is 21.0. The van der Waals surface area contributed by atoms with Crippen LogP contribution in [0.1, 0.15) is 24.1 Å². The van der Waals surface area contributed by atoms with Crippen molar-refractivity contribution in [1.29, 1.82) is 0 Å². The highest BCUT2D eigenvalue weighted by Crippen LogP contribution is 2.44. The number of aromatic nitrogens is 1. The Kier molecular flexibility index (Phi) is 7.56. The first-order valence-electron chi connectivity index (χ1n) is 12.4. The second kappa shape index (κ2) is 11.4. The lowest BCUT2D eigenvalue weighted by Crippen LogP contribution is -2.30. The quantitative estimate of drug-likeness (QED) is 0.185. The topological polar surface area (TPSA) is 89.0 Å². The molecule has 0 fully saturated rings. The van der Waals surface area contributed by atoms with Crippen LogP contribution >= 0.6 is 11.3 Å². The fourth-order valence-corrected chi connectivity index (χ4v) is 5.37. The number of thiazole rings is 1. The molecule has 39 heavy (non-hydrogen) atoms. The molecule has 0 aliphatic carbocycles. The molecule has 1 atom stereocenters. The van der Waals surface area contributed by atoms with Crippen LogP contribution in [0.4, 0.5) is 5.13 Å². The number of ether oxygens (including phenoxy) is 2. The smallest absolute Gasteiger partial charge is 0.296 e. The van der Waals surface area contributed by atoms with Crippen LogP contribution in [-0.4, -0.2) is 35.0 Å². The highest BCUT2D eigenvalue weighted by Gasteiger charge is 2.45. The monoisotopic (exact) mass is 538 g/mol. The van der Waals surface area contributed by atoms with Gasteiger partial charge in [-0.15, -0.1) is 0 Å². The zero-order valence-electron chi connectivity index (χ0n) is 21.2. The number of anilines is 1. The molecule has 7 nitrogen and oxygen atoms in total. The number of aliphatic hydroxyl groups excluding tert-OH is 1. The Bertz CT molecular complexity index is 1590. The van der Waals surface area contributed by atoms with E-state index in [-0.39, 0.29) is 5.57 Å². The van der Waals surface area contributed by atoms with Gasteiger partial charge in [0.1, 0.15) is 18.1 Å². The maximum absolute atomic E-state index is 13.5. The Morgan fingerprint density at radius 2 is 1.82 bits per heavy atom. The van der Waals surface area contributed by atoms with Crippen molar-refractivity contribution in [2.24, 2.45) is 0 Å². The minimum Gasteiger partial charge on any atom is -0.503 e. The van der Waals surface area contributed by atoms with Crippen molar-refractivity contribution in [1.82, 2.24) is 4.98 Å². The molecular weight excluding hydrogens is 512 g/mol. The first-order chi connectivity index (χ1) is 19.0. The molecular formula is C31H26N2O5S. The number of amides is 1. The molecule has 1 aliphatic heterocycles. The van der Waals surface area contributed by atoms with Gasteiger partial charge in [-0.1, -0.05) is 72.5 Å². The number of aliphatic hydroxyl groups is 1. The van der Waals surface area contributed by atoms with Crippen LogP contribution in [0.15, 0.2) is 103 Å². The second-order valence-corrected chi connectivity index (χ2v) is 9.69. The average Bonchev–Trinajstić information content (AvgIpc) is 3.49. The summed E-state index contributed by atoms with van der Waals surface area (Å²) in [7, 11) is 0. The van der Waals surface area contributed by atoms with Crippen LogP contribution in [-0.2, 0) is 9.59 Å². The predicted molar refractivity (Wildman–Crippen MR) is 153 cm³/mol. The van der Waals surface area contributed by atoms with Crippen LogP contribution in [0.3, 0.4) is 0 Å². The largest absolute Gasteiger partial charge is 0.503 e. The van der Waals surface area contributed by atoms with Crippen LogP contribution in [0.2, 0.25) is 0 Å². The Balaban J connectivity index is 1.56. The summed E-state index contributed by atoms with van der Waals surface area (Å²) >= 11 is 1.29. The maximum Gasteiger partial charge on any atom is 0.296 e. The molecule has 1 unspecified atom stereocenters. The molecule has 3 aromatic carbocycles. The lowest BCUT2D eigenvalue weighted by Gasteiger charge is -2.24. The van der Waals surface area contributed by atoms with Gasteiger partial charge in [-0.25, -0.2) is 4.98 Å². The number of ketones is 1. The Hall–Kier alpha value is -4.69. The molecule has 1 aliphatic rings. The lowest BCUT2D eigenvalue weighted by atomic mass is 9.95. The Morgan fingerprint density at radius 1 is 1.08 bits per heavy atom. The second-order valence-electron chi connectivity index (χ2n) is 8.68. The van der Waals surface area contributed by atoms with E-state index < -0.39 is 23.5 Å². The van der Waals surface area contributed by atoms with Gasteiger partial charge in [-0.3, -0.25) is 14.5 Å². The molecule has 0 saturated carbocycles. The summed E-state index contributed by atoms with van der Waals surface area (Å²) in [6.07, 6.45) is 4.68. The van der Waals surface area contributed by atoms with E-state index in [4.69, 9.17) is 9.47 Å². The molecule has 8 heteroatoms. The highest BCUT2D eigenvalue weighted by atomic mass is 32.1. The van der Waals surface area contributed by atoms with Crippen molar-refractivity contribution in [3.8, 4) is 11.5 Å². The van der Waals surface area contributed by atoms with Gasteiger partial charge in [0.15, 0.2) is 16.7 Å². The molecule has 0 saturated heterocycles. The van der Waals surface area contributed by atoms with Crippen molar-refractivity contribution in [2.75, 3.05) is 18.1 Å². The number of benzene rings is 3. The van der Waals surface area contributed by atoms with Crippen LogP contribution in [0, 0.1) is 0 Å². The van der Waals surface area contributed by atoms with E-state index in [9.17, 15) is 14.7 Å². The molecule has 4 aromatic rings. The van der Waals surface area contributed by atoms with Crippen molar-refractivity contribution in [2.45, 2.75) is 13.0 Å². The van der Waals surface area contributed by atoms with Gasteiger partial charge in [0.05, 0.1) is 28.4 Å². The molecule has 0 spiro atoms. The van der Waals surface area contributed by atoms with Crippen molar-refractivity contribution < 1.29 is 24.2 Å². The van der Waals surface area contributed by atoms with E-state index in [2.05, 4.69) is 11.6 Å². The number of fused-ring (bicyclic) bond motifs is 1. The molecule has 1 amide bonds. The van der Waals surface area contributed by atoms with Crippen LogP contribution < -0.4 is 14.4 Å². The zero-order valence-corrected chi connectivity index (χ0v) is 22.1. The van der Waals surface area contributed by atoms with Gasteiger partial charge in [0, 0.05) is 0 Å². The summed E-state index contributed by atoms with van der Waals surface area (Å²) in [4.78, 5) is 33.0. The maximum atomic E-state index is 13.5. The van der Waals surface area contributed by atoms with E-state index >= 15 is 0 Å². The van der Waals surface area contributed by atoms with Crippen molar-refractivity contribution in [3.63, 3.8) is 0 Å². The minimum atomic E-state index is -0.884. The third kappa shape index (κ3) is 5.32. The van der Waals surface area contributed by atoms with Crippen molar-refractivity contribution >= 4 is 44.5 Å².